The highest BCUT2D eigenvalue weighted by atomic mass is 32.2. The molecule has 0 spiro atoms. The summed E-state index contributed by atoms with van der Waals surface area (Å²) in [5, 5.41) is 0. The number of ether oxygens (including phenoxy) is 2. The minimum atomic E-state index is -3.40. The number of methoxy groups -OCH3 is 1. The summed E-state index contributed by atoms with van der Waals surface area (Å²) in [6, 6.07) is 13.2. The molecule has 5 nitrogen and oxygen atoms in total. The van der Waals surface area contributed by atoms with Crippen LogP contribution >= 0.6 is 0 Å². The number of hydrogen-bond acceptors (Lipinski definition) is 5. The third-order valence-electron chi connectivity index (χ3n) is 2.90. The summed E-state index contributed by atoms with van der Waals surface area (Å²) in [6.45, 7) is 0.0729. The minimum Gasteiger partial charge on any atom is -0.497 e. The van der Waals surface area contributed by atoms with Crippen molar-refractivity contribution in [2.24, 2.45) is 0 Å². The van der Waals surface area contributed by atoms with E-state index in [1.165, 1.54) is 12.1 Å². The Morgan fingerprint density at radius 1 is 1.05 bits per heavy atom. The van der Waals surface area contributed by atoms with Crippen LogP contribution in [0, 0.1) is 0 Å². The van der Waals surface area contributed by atoms with Gasteiger partial charge in [-0.05, 0) is 42.5 Å². The summed E-state index contributed by atoms with van der Waals surface area (Å²) in [7, 11) is -1.82. The first kappa shape index (κ1) is 15.2. The third-order valence-corrected chi connectivity index (χ3v) is 4.57. The van der Waals surface area contributed by atoms with Crippen molar-refractivity contribution < 1.29 is 17.9 Å². The van der Waals surface area contributed by atoms with Crippen LogP contribution in [-0.4, -0.2) is 27.9 Å². The molecule has 2 N–H and O–H groups in total. The first-order valence-electron chi connectivity index (χ1n) is 6.36. The number of anilines is 1. The van der Waals surface area contributed by atoms with E-state index in [2.05, 4.69) is 0 Å². The highest BCUT2D eigenvalue weighted by Crippen LogP contribution is 2.18. The van der Waals surface area contributed by atoms with E-state index in [9.17, 15) is 8.42 Å². The molecule has 2 aromatic rings. The summed E-state index contributed by atoms with van der Waals surface area (Å²) in [5.41, 5.74) is 6.02. The quantitative estimate of drug-likeness (QED) is 0.827. The lowest BCUT2D eigenvalue weighted by atomic mass is 10.3. The maximum Gasteiger partial charge on any atom is 0.181 e. The minimum absolute atomic E-state index is 0.0729. The van der Waals surface area contributed by atoms with Crippen molar-refractivity contribution >= 4 is 15.5 Å². The predicted octanol–water partition coefficient (Wildman–Crippen LogP) is 2.13. The van der Waals surface area contributed by atoms with Crippen molar-refractivity contribution in [1.29, 1.82) is 0 Å². The van der Waals surface area contributed by atoms with Gasteiger partial charge in [0.2, 0.25) is 0 Å². The van der Waals surface area contributed by atoms with Gasteiger partial charge in [-0.2, -0.15) is 0 Å². The zero-order valence-electron chi connectivity index (χ0n) is 11.7. The van der Waals surface area contributed by atoms with Crippen LogP contribution < -0.4 is 15.2 Å². The van der Waals surface area contributed by atoms with E-state index in [0.717, 1.165) is 5.75 Å². The van der Waals surface area contributed by atoms with Crippen LogP contribution in [0.15, 0.2) is 53.4 Å². The van der Waals surface area contributed by atoms with E-state index in [1.807, 2.05) is 0 Å². The average Bonchev–Trinajstić information content (AvgIpc) is 2.48. The van der Waals surface area contributed by atoms with Gasteiger partial charge in [-0.15, -0.1) is 0 Å². The van der Waals surface area contributed by atoms with Gasteiger partial charge in [0.15, 0.2) is 9.84 Å². The zero-order chi connectivity index (χ0) is 15.3. The monoisotopic (exact) mass is 307 g/mol. The van der Waals surface area contributed by atoms with Gasteiger partial charge in [-0.3, -0.25) is 0 Å². The van der Waals surface area contributed by atoms with Gasteiger partial charge in [-0.25, -0.2) is 8.42 Å². The SMILES string of the molecule is COc1ccc(OCCS(=O)(=O)c2cccc(N)c2)cc1. The Bertz CT molecular complexity index is 696. The summed E-state index contributed by atoms with van der Waals surface area (Å²) in [6.07, 6.45) is 0. The lowest BCUT2D eigenvalue weighted by molar-refractivity contribution is 0.339. The average molecular weight is 307 g/mol. The van der Waals surface area contributed by atoms with Gasteiger partial charge in [-0.1, -0.05) is 6.07 Å². The fourth-order valence-electron chi connectivity index (χ4n) is 1.77. The highest BCUT2D eigenvalue weighted by Gasteiger charge is 2.14. The Hall–Kier alpha value is -2.21. The largest absolute Gasteiger partial charge is 0.497 e. The molecule has 2 aromatic carbocycles. The maximum absolute atomic E-state index is 12.1. The van der Waals surface area contributed by atoms with Crippen LogP contribution in [0.4, 0.5) is 5.69 Å². The second-order valence-corrected chi connectivity index (χ2v) is 6.52. The molecule has 2 rings (SSSR count). The molecule has 112 valence electrons. The van der Waals surface area contributed by atoms with Crippen molar-refractivity contribution in [2.45, 2.75) is 4.90 Å². The van der Waals surface area contributed by atoms with Crippen molar-refractivity contribution in [3.05, 3.63) is 48.5 Å². The molecule has 21 heavy (non-hydrogen) atoms. The zero-order valence-corrected chi connectivity index (χ0v) is 12.5. The fraction of sp³-hybridized carbons (Fsp3) is 0.200. The number of rotatable bonds is 6. The van der Waals surface area contributed by atoms with Crippen LogP contribution in [0.1, 0.15) is 0 Å². The summed E-state index contributed by atoms with van der Waals surface area (Å²) >= 11 is 0. The molecule has 0 fully saturated rings. The van der Waals surface area contributed by atoms with Gasteiger partial charge >= 0.3 is 0 Å². The number of sulfone groups is 1. The first-order chi connectivity index (χ1) is 10.0. The summed E-state index contributed by atoms with van der Waals surface area (Å²) in [5.74, 6) is 1.20. The summed E-state index contributed by atoms with van der Waals surface area (Å²) < 4.78 is 34.7. The molecule has 0 aliphatic carbocycles. The highest BCUT2D eigenvalue weighted by molar-refractivity contribution is 7.91. The van der Waals surface area contributed by atoms with Crippen LogP contribution in [0.3, 0.4) is 0 Å². The molecule has 0 radical (unpaired) electrons. The van der Waals surface area contributed by atoms with Gasteiger partial charge in [0.25, 0.3) is 0 Å². The van der Waals surface area contributed by atoms with E-state index in [0.29, 0.717) is 11.4 Å². The normalized spacial score (nSPS) is 11.1. The molecule has 0 aromatic heterocycles. The lowest BCUT2D eigenvalue weighted by Crippen LogP contribution is -2.14. The smallest absolute Gasteiger partial charge is 0.181 e. The van der Waals surface area contributed by atoms with Crippen molar-refractivity contribution in [3.8, 4) is 11.5 Å². The number of hydrogen-bond donors (Lipinski definition) is 1. The van der Waals surface area contributed by atoms with Gasteiger partial charge in [0, 0.05) is 5.69 Å². The molecule has 0 amide bonds. The molecule has 6 heteroatoms. The van der Waals surface area contributed by atoms with Gasteiger partial charge < -0.3 is 15.2 Å². The van der Waals surface area contributed by atoms with E-state index in [-0.39, 0.29) is 17.3 Å². The second kappa shape index (κ2) is 6.49. The maximum atomic E-state index is 12.1. The number of nitrogens with two attached hydrogens (primary N) is 1. The van der Waals surface area contributed by atoms with E-state index >= 15 is 0 Å². The molecular formula is C15H17NO4S. The van der Waals surface area contributed by atoms with Crippen LogP contribution in [-0.2, 0) is 9.84 Å². The van der Waals surface area contributed by atoms with Crippen LogP contribution in [0.5, 0.6) is 11.5 Å². The Balaban J connectivity index is 1.95. The van der Waals surface area contributed by atoms with Gasteiger partial charge in [0.1, 0.15) is 18.1 Å². The summed E-state index contributed by atoms with van der Waals surface area (Å²) in [4.78, 5) is 0.209. The standard InChI is InChI=1S/C15H17NO4S/c1-19-13-5-7-14(8-6-13)20-9-10-21(17,18)15-4-2-3-12(16)11-15/h2-8,11H,9-10,16H2,1H3. The predicted molar refractivity (Wildman–Crippen MR) is 81.4 cm³/mol. The first-order valence-corrected chi connectivity index (χ1v) is 8.01. The molecular weight excluding hydrogens is 290 g/mol. The molecule has 0 bridgehead atoms. The van der Waals surface area contributed by atoms with E-state index in [4.69, 9.17) is 15.2 Å². The molecule has 0 saturated carbocycles. The lowest BCUT2D eigenvalue weighted by Gasteiger charge is -2.08. The molecule has 0 unspecified atom stereocenters. The van der Waals surface area contributed by atoms with Crippen LogP contribution in [0.25, 0.3) is 0 Å². The molecule has 0 saturated heterocycles. The molecule has 0 heterocycles. The topological polar surface area (TPSA) is 78.6 Å². The Kier molecular flexibility index (Phi) is 4.70. The van der Waals surface area contributed by atoms with Crippen molar-refractivity contribution in [2.75, 3.05) is 25.2 Å². The second-order valence-electron chi connectivity index (χ2n) is 4.42. The van der Waals surface area contributed by atoms with Crippen molar-refractivity contribution in [3.63, 3.8) is 0 Å². The van der Waals surface area contributed by atoms with E-state index in [1.54, 1.807) is 43.5 Å². The fourth-order valence-corrected chi connectivity index (χ4v) is 2.91. The molecule has 0 aliphatic heterocycles. The van der Waals surface area contributed by atoms with Gasteiger partial charge in [0.05, 0.1) is 17.8 Å². The third kappa shape index (κ3) is 4.13. The Morgan fingerprint density at radius 3 is 2.33 bits per heavy atom. The number of nitrogen functional groups attached to an aromatic ring is 1. The van der Waals surface area contributed by atoms with E-state index < -0.39 is 9.84 Å². The van der Waals surface area contributed by atoms with Crippen LogP contribution in [0.2, 0.25) is 0 Å². The van der Waals surface area contributed by atoms with Crippen molar-refractivity contribution in [1.82, 2.24) is 0 Å². The molecule has 0 aliphatic rings. The number of benzene rings is 2. The Labute approximate surface area is 124 Å². The Morgan fingerprint density at radius 2 is 1.71 bits per heavy atom. The molecule has 0 atom stereocenters.